The summed E-state index contributed by atoms with van der Waals surface area (Å²) in [6.07, 6.45) is 0. The van der Waals surface area contributed by atoms with Crippen LogP contribution in [0.25, 0.3) is 0 Å². The van der Waals surface area contributed by atoms with E-state index in [1.165, 1.54) is 4.44 Å². The minimum absolute atomic E-state index is 0.105. The van der Waals surface area contributed by atoms with Gasteiger partial charge in [0.15, 0.2) is 0 Å². The maximum atomic E-state index is 9.04. The summed E-state index contributed by atoms with van der Waals surface area (Å²) in [6.45, 7) is 6.46. The zero-order valence-electron chi connectivity index (χ0n) is 10.3. The molecule has 0 spiro atoms. The molecule has 0 aliphatic carbocycles. The van der Waals surface area contributed by atoms with Crippen LogP contribution in [0.15, 0.2) is 16.4 Å². The molecule has 16 heavy (non-hydrogen) atoms. The second kappa shape index (κ2) is 4.82. The number of nitriles is 1. The van der Waals surface area contributed by atoms with Gasteiger partial charge in [-0.05, 0) is 0 Å². The summed E-state index contributed by atoms with van der Waals surface area (Å²) in [5.74, 6) is 0. The molecule has 0 saturated heterocycles. The van der Waals surface area contributed by atoms with Gasteiger partial charge in [0.05, 0.1) is 0 Å². The molecule has 0 amide bonds. The molecular weight excluding hydrogens is 267 g/mol. The molecule has 86 valence electrons. The number of rotatable bonds is 2. The summed E-state index contributed by atoms with van der Waals surface area (Å²) in [6, 6.07) is 4.23. The Bertz CT molecular complexity index is 432. The van der Waals surface area contributed by atoms with Gasteiger partial charge in [-0.3, -0.25) is 0 Å². The number of nitrogens with zero attached hydrogens (tertiary/aromatic N) is 4. The molecule has 0 saturated carbocycles. The monoisotopic (exact) mass is 284 g/mol. The Balaban J connectivity index is 3.11. The summed E-state index contributed by atoms with van der Waals surface area (Å²) < 4.78 is 2.06. The van der Waals surface area contributed by atoms with Gasteiger partial charge in [0.1, 0.15) is 0 Å². The second-order valence-electron chi connectivity index (χ2n) is 4.72. The molecule has 1 rings (SSSR count). The molecule has 0 atom stereocenters. The van der Waals surface area contributed by atoms with Crippen molar-refractivity contribution in [2.24, 2.45) is 10.3 Å². The third kappa shape index (κ3) is 3.19. The van der Waals surface area contributed by atoms with Gasteiger partial charge in [-0.15, -0.1) is 0 Å². The molecule has 0 N–H and O–H groups in total. The van der Waals surface area contributed by atoms with Crippen LogP contribution in [-0.2, 0) is 5.41 Å². The van der Waals surface area contributed by atoms with Crippen molar-refractivity contribution in [2.45, 2.75) is 26.2 Å². The van der Waals surface area contributed by atoms with Gasteiger partial charge in [-0.2, -0.15) is 0 Å². The summed E-state index contributed by atoms with van der Waals surface area (Å²) in [7, 11) is 3.62. The predicted molar refractivity (Wildman–Crippen MR) is 65.0 cm³/mol. The zero-order valence-corrected chi connectivity index (χ0v) is 12.0. The van der Waals surface area contributed by atoms with Crippen molar-refractivity contribution in [1.29, 1.82) is 5.26 Å². The molecule has 0 aliphatic heterocycles. The summed E-state index contributed by atoms with van der Waals surface area (Å²) >= 11 is 0.105. The summed E-state index contributed by atoms with van der Waals surface area (Å²) in [5, 5.41) is 18.7. The molecule has 5 heteroatoms. The van der Waals surface area contributed by atoms with Crippen molar-refractivity contribution >= 4 is 20.2 Å². The van der Waals surface area contributed by atoms with Crippen LogP contribution in [0.4, 0.5) is 5.69 Å². The topological polar surface area (TPSA) is 51.8 Å². The van der Waals surface area contributed by atoms with Crippen LogP contribution >= 0.6 is 0 Å². The van der Waals surface area contributed by atoms with Crippen molar-refractivity contribution in [3.05, 3.63) is 14.9 Å². The first kappa shape index (κ1) is 13.0. The van der Waals surface area contributed by atoms with Gasteiger partial charge in [0.25, 0.3) is 0 Å². The maximum absolute atomic E-state index is 9.04. The molecule has 1 aromatic rings. The molecule has 0 bridgehead atoms. The third-order valence-electron chi connectivity index (χ3n) is 1.88. The van der Waals surface area contributed by atoms with E-state index in [1.807, 2.05) is 20.2 Å². The average Bonchev–Trinajstić information content (AvgIpc) is 2.56. The third-order valence-corrected chi connectivity index (χ3v) is 4.94. The standard InChI is InChI=1S/C11H16N4Se/c1-11(2,3)10-6-8(9(7-12)16-10)13-14-15(4)5/h6H,1-5H3. The van der Waals surface area contributed by atoms with Gasteiger partial charge in [0.2, 0.25) is 0 Å². The predicted octanol–water partition coefficient (Wildman–Crippen LogP) is 2.47. The first-order chi connectivity index (χ1) is 7.34. The van der Waals surface area contributed by atoms with Crippen LogP contribution in [0.5, 0.6) is 0 Å². The molecular formula is C11H16N4Se. The van der Waals surface area contributed by atoms with Crippen LogP contribution in [0.1, 0.15) is 29.6 Å². The van der Waals surface area contributed by atoms with Crippen molar-refractivity contribution in [1.82, 2.24) is 5.01 Å². The van der Waals surface area contributed by atoms with E-state index >= 15 is 0 Å². The van der Waals surface area contributed by atoms with E-state index in [1.54, 1.807) is 5.01 Å². The zero-order chi connectivity index (χ0) is 12.3. The number of hydrogen-bond acceptors (Lipinski definition) is 3. The SMILES string of the molecule is CN(C)N=Nc1cc(C(C)(C)C)[se]c1C#N. The Morgan fingerprint density at radius 3 is 2.44 bits per heavy atom. The van der Waals surface area contributed by atoms with Gasteiger partial charge >= 0.3 is 102 Å². The Kier molecular flexibility index (Phi) is 3.90. The van der Waals surface area contributed by atoms with E-state index in [0.717, 1.165) is 10.1 Å². The van der Waals surface area contributed by atoms with Crippen molar-refractivity contribution in [2.75, 3.05) is 14.1 Å². The Morgan fingerprint density at radius 1 is 1.38 bits per heavy atom. The molecule has 0 radical (unpaired) electrons. The van der Waals surface area contributed by atoms with Gasteiger partial charge < -0.3 is 0 Å². The normalized spacial score (nSPS) is 11.8. The Morgan fingerprint density at radius 2 is 2.00 bits per heavy atom. The van der Waals surface area contributed by atoms with Gasteiger partial charge in [0, 0.05) is 0 Å². The first-order valence-corrected chi connectivity index (χ1v) is 6.69. The fourth-order valence-corrected chi connectivity index (χ4v) is 3.03. The quantitative estimate of drug-likeness (QED) is 0.475. The van der Waals surface area contributed by atoms with Crippen LogP contribution in [0, 0.1) is 11.3 Å². The molecule has 1 aromatic heterocycles. The minimum atomic E-state index is 0.105. The Hall–Kier alpha value is -1.11. The fraction of sp³-hybridized carbons (Fsp3) is 0.545. The summed E-state index contributed by atoms with van der Waals surface area (Å²) in [4.78, 5) is 0. The molecule has 0 unspecified atom stereocenters. The van der Waals surface area contributed by atoms with E-state index in [-0.39, 0.29) is 19.9 Å². The molecule has 0 aliphatic rings. The van der Waals surface area contributed by atoms with Crippen molar-refractivity contribution < 1.29 is 0 Å². The van der Waals surface area contributed by atoms with Gasteiger partial charge in [-0.25, -0.2) is 0 Å². The van der Waals surface area contributed by atoms with Crippen molar-refractivity contribution in [3.8, 4) is 6.07 Å². The molecule has 1 heterocycles. The van der Waals surface area contributed by atoms with E-state index in [4.69, 9.17) is 5.26 Å². The first-order valence-electron chi connectivity index (χ1n) is 4.98. The fourth-order valence-electron chi connectivity index (χ4n) is 1.04. The molecule has 4 nitrogen and oxygen atoms in total. The van der Waals surface area contributed by atoms with Crippen molar-refractivity contribution in [3.63, 3.8) is 0 Å². The molecule has 0 aromatic carbocycles. The van der Waals surface area contributed by atoms with Crippen LogP contribution in [0.2, 0.25) is 0 Å². The second-order valence-corrected chi connectivity index (χ2v) is 6.93. The van der Waals surface area contributed by atoms with E-state index in [2.05, 4.69) is 37.2 Å². The van der Waals surface area contributed by atoms with Crippen LogP contribution < -0.4 is 0 Å². The summed E-state index contributed by atoms with van der Waals surface area (Å²) in [5.41, 5.74) is 0.832. The van der Waals surface area contributed by atoms with E-state index in [9.17, 15) is 0 Å². The number of hydrogen-bond donors (Lipinski definition) is 0. The van der Waals surface area contributed by atoms with E-state index in [0.29, 0.717) is 0 Å². The average molecular weight is 283 g/mol. The van der Waals surface area contributed by atoms with Crippen LogP contribution in [0.3, 0.4) is 0 Å². The Labute approximate surface area is 102 Å². The molecule has 0 fully saturated rings. The van der Waals surface area contributed by atoms with E-state index < -0.39 is 0 Å². The van der Waals surface area contributed by atoms with Gasteiger partial charge in [-0.1, -0.05) is 0 Å². The van der Waals surface area contributed by atoms with Crippen LogP contribution in [-0.4, -0.2) is 33.6 Å².